The fourth-order valence-electron chi connectivity index (χ4n) is 3.37. The zero-order valence-corrected chi connectivity index (χ0v) is 15.1. The SMILES string of the molecule is Cc1cc(C)cc(Nc2c(-c3ccc(O)cc3)nc3cccc(C)n23)c1. The van der Waals surface area contributed by atoms with Crippen molar-refractivity contribution in [3.05, 3.63) is 77.5 Å². The molecule has 2 N–H and O–H groups in total. The Morgan fingerprint density at radius 3 is 2.27 bits per heavy atom. The molecule has 4 heteroatoms. The summed E-state index contributed by atoms with van der Waals surface area (Å²) in [5.74, 6) is 1.17. The first-order valence-electron chi connectivity index (χ1n) is 8.64. The molecule has 0 spiro atoms. The van der Waals surface area contributed by atoms with Gasteiger partial charge in [-0.25, -0.2) is 4.98 Å². The molecule has 2 aromatic heterocycles. The molecule has 0 saturated heterocycles. The first-order chi connectivity index (χ1) is 12.5. The average molecular weight is 343 g/mol. The van der Waals surface area contributed by atoms with Gasteiger partial charge in [0.05, 0.1) is 0 Å². The number of aryl methyl sites for hydroxylation is 3. The molecule has 0 amide bonds. The van der Waals surface area contributed by atoms with Crippen molar-refractivity contribution in [2.24, 2.45) is 0 Å². The molecule has 0 aliphatic rings. The lowest BCUT2D eigenvalue weighted by Crippen LogP contribution is -2.00. The van der Waals surface area contributed by atoms with E-state index in [9.17, 15) is 5.11 Å². The number of hydrogen-bond acceptors (Lipinski definition) is 3. The molecular formula is C22H21N3O. The lowest BCUT2D eigenvalue weighted by Gasteiger charge is -2.12. The van der Waals surface area contributed by atoms with Gasteiger partial charge in [0.25, 0.3) is 0 Å². The Hall–Kier alpha value is -3.27. The Balaban J connectivity index is 1.93. The molecule has 0 unspecified atom stereocenters. The van der Waals surface area contributed by atoms with Crippen LogP contribution in [0.1, 0.15) is 16.8 Å². The number of nitrogens with one attached hydrogen (secondary N) is 1. The molecular weight excluding hydrogens is 322 g/mol. The highest BCUT2D eigenvalue weighted by Gasteiger charge is 2.16. The number of imidazole rings is 1. The highest BCUT2D eigenvalue weighted by atomic mass is 16.3. The summed E-state index contributed by atoms with van der Waals surface area (Å²) < 4.78 is 2.12. The van der Waals surface area contributed by atoms with Crippen LogP contribution in [-0.4, -0.2) is 14.5 Å². The van der Waals surface area contributed by atoms with E-state index in [0.717, 1.165) is 34.1 Å². The molecule has 0 fully saturated rings. The molecule has 4 nitrogen and oxygen atoms in total. The zero-order chi connectivity index (χ0) is 18.3. The largest absolute Gasteiger partial charge is 0.508 e. The topological polar surface area (TPSA) is 49.6 Å². The standard InChI is InChI=1S/C22H21N3O/c1-14-11-15(2)13-18(12-14)23-22-21(17-7-9-19(26)10-8-17)24-20-6-4-5-16(3)25(20)22/h4-13,23,26H,1-3H3. The fraction of sp³-hybridized carbons (Fsp3) is 0.136. The van der Waals surface area contributed by atoms with Crippen molar-refractivity contribution in [2.75, 3.05) is 5.32 Å². The van der Waals surface area contributed by atoms with Crippen molar-refractivity contribution in [2.45, 2.75) is 20.8 Å². The quantitative estimate of drug-likeness (QED) is 0.525. The van der Waals surface area contributed by atoms with E-state index in [4.69, 9.17) is 4.98 Å². The maximum atomic E-state index is 9.61. The minimum absolute atomic E-state index is 0.248. The van der Waals surface area contributed by atoms with Crippen LogP contribution in [0.15, 0.2) is 60.7 Å². The predicted octanol–water partition coefficient (Wildman–Crippen LogP) is 5.38. The fourth-order valence-corrected chi connectivity index (χ4v) is 3.37. The molecule has 0 atom stereocenters. The van der Waals surface area contributed by atoms with Crippen molar-refractivity contribution in [1.29, 1.82) is 0 Å². The molecule has 130 valence electrons. The second-order valence-corrected chi connectivity index (χ2v) is 6.72. The summed E-state index contributed by atoms with van der Waals surface area (Å²) in [6.45, 7) is 6.26. The molecule has 0 bridgehead atoms. The highest BCUT2D eigenvalue weighted by Crippen LogP contribution is 2.33. The number of rotatable bonds is 3. The Kier molecular flexibility index (Phi) is 3.88. The van der Waals surface area contributed by atoms with E-state index in [-0.39, 0.29) is 5.75 Å². The number of nitrogens with zero attached hydrogens (tertiary/aromatic N) is 2. The van der Waals surface area contributed by atoms with Crippen LogP contribution in [0.3, 0.4) is 0 Å². The smallest absolute Gasteiger partial charge is 0.143 e. The predicted molar refractivity (Wildman–Crippen MR) is 106 cm³/mol. The van der Waals surface area contributed by atoms with Gasteiger partial charge in [0.15, 0.2) is 0 Å². The summed E-state index contributed by atoms with van der Waals surface area (Å²) in [7, 11) is 0. The van der Waals surface area contributed by atoms with E-state index in [0.29, 0.717) is 0 Å². The van der Waals surface area contributed by atoms with E-state index in [1.165, 1.54) is 11.1 Å². The lowest BCUT2D eigenvalue weighted by molar-refractivity contribution is 0.475. The maximum absolute atomic E-state index is 9.61. The molecule has 2 aromatic carbocycles. The van der Waals surface area contributed by atoms with Gasteiger partial charge < -0.3 is 10.4 Å². The van der Waals surface area contributed by atoms with Crippen LogP contribution in [0.4, 0.5) is 11.5 Å². The number of hydrogen-bond donors (Lipinski definition) is 2. The molecule has 0 aliphatic carbocycles. The van der Waals surface area contributed by atoms with Crippen molar-refractivity contribution in [1.82, 2.24) is 9.38 Å². The van der Waals surface area contributed by atoms with Crippen LogP contribution >= 0.6 is 0 Å². The first-order valence-corrected chi connectivity index (χ1v) is 8.64. The second kappa shape index (κ2) is 6.23. The summed E-state index contributed by atoms with van der Waals surface area (Å²) in [6, 6.07) is 19.7. The maximum Gasteiger partial charge on any atom is 0.143 e. The summed E-state index contributed by atoms with van der Waals surface area (Å²) in [5, 5.41) is 13.2. The number of benzene rings is 2. The summed E-state index contributed by atoms with van der Waals surface area (Å²) in [4.78, 5) is 4.83. The van der Waals surface area contributed by atoms with Gasteiger partial charge in [0.1, 0.15) is 22.9 Å². The van der Waals surface area contributed by atoms with Crippen molar-refractivity contribution in [3.63, 3.8) is 0 Å². The van der Waals surface area contributed by atoms with Crippen LogP contribution < -0.4 is 5.32 Å². The molecule has 4 rings (SSSR count). The van der Waals surface area contributed by atoms with Gasteiger partial charge in [0, 0.05) is 16.9 Å². The number of phenols is 1. The van der Waals surface area contributed by atoms with Crippen molar-refractivity contribution >= 4 is 17.2 Å². The van der Waals surface area contributed by atoms with Gasteiger partial charge in [0.2, 0.25) is 0 Å². The summed E-state index contributed by atoms with van der Waals surface area (Å²) in [5.41, 5.74) is 7.27. The molecule has 0 saturated carbocycles. The number of anilines is 2. The third-order valence-corrected chi connectivity index (χ3v) is 4.46. The Morgan fingerprint density at radius 1 is 0.885 bits per heavy atom. The van der Waals surface area contributed by atoms with E-state index in [2.05, 4.69) is 54.8 Å². The monoisotopic (exact) mass is 343 g/mol. The molecule has 2 heterocycles. The Morgan fingerprint density at radius 2 is 1.58 bits per heavy atom. The van der Waals surface area contributed by atoms with Crippen LogP contribution in [-0.2, 0) is 0 Å². The number of pyridine rings is 1. The van der Waals surface area contributed by atoms with Crippen LogP contribution in [0.2, 0.25) is 0 Å². The minimum atomic E-state index is 0.248. The van der Waals surface area contributed by atoms with Gasteiger partial charge in [-0.05, 0) is 80.4 Å². The van der Waals surface area contributed by atoms with Gasteiger partial charge in [-0.15, -0.1) is 0 Å². The molecule has 26 heavy (non-hydrogen) atoms. The van der Waals surface area contributed by atoms with Gasteiger partial charge >= 0.3 is 0 Å². The average Bonchev–Trinajstić information content (AvgIpc) is 2.94. The third kappa shape index (κ3) is 2.90. The van der Waals surface area contributed by atoms with Gasteiger partial charge in [-0.3, -0.25) is 4.40 Å². The molecule has 4 aromatic rings. The normalized spacial score (nSPS) is 11.0. The first kappa shape index (κ1) is 16.2. The Labute approximate surface area is 152 Å². The number of aromatic nitrogens is 2. The molecule has 0 aliphatic heterocycles. The number of phenolic OH excluding ortho intramolecular Hbond substituents is 1. The van der Waals surface area contributed by atoms with Crippen molar-refractivity contribution < 1.29 is 5.11 Å². The lowest BCUT2D eigenvalue weighted by atomic mass is 10.1. The van der Waals surface area contributed by atoms with Gasteiger partial charge in [-0.2, -0.15) is 0 Å². The third-order valence-electron chi connectivity index (χ3n) is 4.46. The second-order valence-electron chi connectivity index (χ2n) is 6.72. The highest BCUT2D eigenvalue weighted by molar-refractivity contribution is 5.80. The number of fused-ring (bicyclic) bond motifs is 1. The van der Waals surface area contributed by atoms with Crippen LogP contribution in [0, 0.1) is 20.8 Å². The van der Waals surface area contributed by atoms with Crippen LogP contribution in [0.5, 0.6) is 5.75 Å². The minimum Gasteiger partial charge on any atom is -0.508 e. The van der Waals surface area contributed by atoms with E-state index < -0.39 is 0 Å². The van der Waals surface area contributed by atoms with E-state index in [1.807, 2.05) is 24.3 Å². The zero-order valence-electron chi connectivity index (χ0n) is 15.1. The van der Waals surface area contributed by atoms with Gasteiger partial charge in [-0.1, -0.05) is 12.1 Å². The Bertz CT molecular complexity index is 1070. The van der Waals surface area contributed by atoms with E-state index in [1.54, 1.807) is 12.1 Å². The summed E-state index contributed by atoms with van der Waals surface area (Å²) >= 11 is 0. The van der Waals surface area contributed by atoms with Crippen molar-refractivity contribution in [3.8, 4) is 17.0 Å². The van der Waals surface area contributed by atoms with E-state index >= 15 is 0 Å². The summed E-state index contributed by atoms with van der Waals surface area (Å²) in [6.07, 6.45) is 0. The number of aromatic hydroxyl groups is 1. The van der Waals surface area contributed by atoms with Crippen LogP contribution in [0.25, 0.3) is 16.9 Å². The molecule has 0 radical (unpaired) electrons.